The highest BCUT2D eigenvalue weighted by atomic mass is 16.5. The molecule has 0 saturated carbocycles. The van der Waals surface area contributed by atoms with Crippen LogP contribution in [0.4, 0.5) is 0 Å². The molecule has 26 heavy (non-hydrogen) atoms. The lowest BCUT2D eigenvalue weighted by Gasteiger charge is -2.23. The average Bonchev–Trinajstić information content (AvgIpc) is 3.04. The number of aromatic nitrogens is 1. The van der Waals surface area contributed by atoms with E-state index in [9.17, 15) is 4.79 Å². The molecule has 1 amide bonds. The van der Waals surface area contributed by atoms with Gasteiger partial charge in [-0.15, -0.1) is 0 Å². The van der Waals surface area contributed by atoms with Crippen LogP contribution in [-0.4, -0.2) is 30.6 Å². The molecule has 1 atom stereocenters. The van der Waals surface area contributed by atoms with E-state index < -0.39 is 0 Å². The zero-order valence-electron chi connectivity index (χ0n) is 14.7. The third-order valence-corrected chi connectivity index (χ3v) is 4.89. The largest absolute Gasteiger partial charge is 0.493 e. The van der Waals surface area contributed by atoms with Gasteiger partial charge in [0, 0.05) is 29.1 Å². The van der Waals surface area contributed by atoms with Crippen molar-refractivity contribution in [1.82, 2.24) is 10.3 Å². The number of amides is 1. The Bertz CT molecular complexity index is 932. The minimum Gasteiger partial charge on any atom is -0.493 e. The molecule has 1 heterocycles. The zero-order valence-corrected chi connectivity index (χ0v) is 14.7. The van der Waals surface area contributed by atoms with Crippen molar-refractivity contribution in [1.29, 1.82) is 0 Å². The summed E-state index contributed by atoms with van der Waals surface area (Å²) in [6, 6.07) is 15.8. The number of ether oxygens (including phenoxy) is 2. The Balaban J connectivity index is 1.37. The highest BCUT2D eigenvalue weighted by molar-refractivity contribution is 5.85. The Morgan fingerprint density at radius 2 is 1.92 bits per heavy atom. The number of hydrogen-bond acceptors (Lipinski definition) is 3. The summed E-state index contributed by atoms with van der Waals surface area (Å²) in [6.07, 6.45) is 2.73. The predicted molar refractivity (Wildman–Crippen MR) is 101 cm³/mol. The minimum atomic E-state index is -0.111. The van der Waals surface area contributed by atoms with Crippen molar-refractivity contribution in [3.8, 4) is 11.5 Å². The van der Waals surface area contributed by atoms with E-state index in [1.54, 1.807) is 13.2 Å². The second-order valence-electron chi connectivity index (χ2n) is 6.57. The second-order valence-corrected chi connectivity index (χ2v) is 6.57. The molecule has 0 spiro atoms. The monoisotopic (exact) mass is 350 g/mol. The molecule has 2 N–H and O–H groups in total. The van der Waals surface area contributed by atoms with Gasteiger partial charge >= 0.3 is 0 Å². The Labute approximate surface area is 152 Å². The normalized spacial score (nSPS) is 16.1. The van der Waals surface area contributed by atoms with Crippen LogP contribution >= 0.6 is 0 Å². The highest BCUT2D eigenvalue weighted by Gasteiger charge is 2.23. The van der Waals surface area contributed by atoms with Gasteiger partial charge in [0.25, 0.3) is 5.91 Å². The van der Waals surface area contributed by atoms with Crippen LogP contribution in [0.5, 0.6) is 11.5 Å². The summed E-state index contributed by atoms with van der Waals surface area (Å²) in [5.41, 5.74) is 3.79. The van der Waals surface area contributed by atoms with Crippen LogP contribution in [0.15, 0.2) is 48.5 Å². The van der Waals surface area contributed by atoms with Gasteiger partial charge in [-0.1, -0.05) is 30.3 Å². The maximum Gasteiger partial charge on any atom is 0.258 e. The Kier molecular flexibility index (Phi) is 4.52. The molecule has 1 unspecified atom stereocenters. The van der Waals surface area contributed by atoms with E-state index >= 15 is 0 Å². The van der Waals surface area contributed by atoms with Gasteiger partial charge < -0.3 is 19.8 Å². The third-order valence-electron chi connectivity index (χ3n) is 4.89. The van der Waals surface area contributed by atoms with E-state index in [-0.39, 0.29) is 18.6 Å². The number of carbonyl (C=O) groups excluding carboxylic acids is 1. The van der Waals surface area contributed by atoms with Crippen LogP contribution in [0, 0.1) is 0 Å². The van der Waals surface area contributed by atoms with Crippen molar-refractivity contribution < 1.29 is 14.3 Å². The molecule has 1 aromatic heterocycles. The summed E-state index contributed by atoms with van der Waals surface area (Å²) in [5.74, 6) is 1.09. The fourth-order valence-corrected chi connectivity index (χ4v) is 3.66. The second kappa shape index (κ2) is 7.12. The Morgan fingerprint density at radius 1 is 1.15 bits per heavy atom. The molecule has 3 aromatic rings. The number of nitrogens with one attached hydrogen (secondary N) is 2. The van der Waals surface area contributed by atoms with Crippen LogP contribution < -0.4 is 14.8 Å². The quantitative estimate of drug-likeness (QED) is 0.743. The Morgan fingerprint density at radius 3 is 2.77 bits per heavy atom. The summed E-state index contributed by atoms with van der Waals surface area (Å²) >= 11 is 0. The topological polar surface area (TPSA) is 63.4 Å². The number of carbonyl (C=O) groups is 1. The minimum absolute atomic E-state index is 0.0174. The van der Waals surface area contributed by atoms with Crippen molar-refractivity contribution in [2.45, 2.75) is 25.3 Å². The maximum atomic E-state index is 12.3. The lowest BCUT2D eigenvalue weighted by atomic mass is 9.92. The SMILES string of the molecule is COc1ccccc1OCC(=O)NC1CCc2c([nH]c3ccccc23)C1. The van der Waals surface area contributed by atoms with Crippen molar-refractivity contribution in [3.63, 3.8) is 0 Å². The number of benzene rings is 2. The molecular weight excluding hydrogens is 328 g/mol. The standard InChI is InChI=1S/C21H22N2O3/c1-25-19-8-4-5-9-20(19)26-13-21(24)22-14-10-11-16-15-6-2-3-7-17(15)23-18(16)12-14/h2-9,14,23H,10-13H2,1H3,(H,22,24). The van der Waals surface area contributed by atoms with E-state index in [4.69, 9.17) is 9.47 Å². The van der Waals surface area contributed by atoms with E-state index in [0.717, 1.165) is 19.3 Å². The van der Waals surface area contributed by atoms with E-state index in [1.165, 1.54) is 22.2 Å². The van der Waals surface area contributed by atoms with Crippen LogP contribution in [-0.2, 0) is 17.6 Å². The molecule has 0 saturated heterocycles. The van der Waals surface area contributed by atoms with Gasteiger partial charge in [0.2, 0.25) is 0 Å². The summed E-state index contributed by atoms with van der Waals surface area (Å²) in [7, 11) is 1.59. The summed E-state index contributed by atoms with van der Waals surface area (Å²) in [6.45, 7) is -0.0174. The number of hydrogen-bond donors (Lipinski definition) is 2. The van der Waals surface area contributed by atoms with Gasteiger partial charge in [0.05, 0.1) is 7.11 Å². The van der Waals surface area contributed by atoms with Gasteiger partial charge in [-0.3, -0.25) is 4.79 Å². The molecule has 0 radical (unpaired) electrons. The van der Waals surface area contributed by atoms with Crippen LogP contribution in [0.25, 0.3) is 10.9 Å². The molecule has 5 heteroatoms. The third kappa shape index (κ3) is 3.25. The van der Waals surface area contributed by atoms with Crippen molar-refractivity contribution >= 4 is 16.8 Å². The number of H-pyrrole nitrogens is 1. The van der Waals surface area contributed by atoms with Crippen LogP contribution in [0.1, 0.15) is 17.7 Å². The fraction of sp³-hybridized carbons (Fsp3) is 0.286. The van der Waals surface area contributed by atoms with E-state index in [1.807, 2.05) is 24.3 Å². The number of methoxy groups -OCH3 is 1. The number of fused-ring (bicyclic) bond motifs is 3. The molecule has 0 aliphatic heterocycles. The lowest BCUT2D eigenvalue weighted by molar-refractivity contribution is -0.123. The number of para-hydroxylation sites is 3. The molecule has 2 aromatic carbocycles. The molecule has 5 nitrogen and oxygen atoms in total. The van der Waals surface area contributed by atoms with Crippen LogP contribution in [0.3, 0.4) is 0 Å². The van der Waals surface area contributed by atoms with Gasteiger partial charge in [0.1, 0.15) is 0 Å². The number of aromatic amines is 1. The van der Waals surface area contributed by atoms with Crippen molar-refractivity contribution in [2.24, 2.45) is 0 Å². The van der Waals surface area contributed by atoms with E-state index in [2.05, 4.69) is 28.5 Å². The number of rotatable bonds is 5. The number of aryl methyl sites for hydroxylation is 1. The molecule has 0 bridgehead atoms. The molecule has 134 valence electrons. The zero-order chi connectivity index (χ0) is 17.9. The van der Waals surface area contributed by atoms with Crippen molar-refractivity contribution in [3.05, 3.63) is 59.8 Å². The molecule has 1 aliphatic carbocycles. The van der Waals surface area contributed by atoms with E-state index in [0.29, 0.717) is 11.5 Å². The molecule has 1 aliphatic rings. The maximum absolute atomic E-state index is 12.3. The molecule has 0 fully saturated rings. The first-order valence-corrected chi connectivity index (χ1v) is 8.88. The first kappa shape index (κ1) is 16.5. The van der Waals surface area contributed by atoms with Crippen molar-refractivity contribution in [2.75, 3.05) is 13.7 Å². The fourth-order valence-electron chi connectivity index (χ4n) is 3.66. The average molecular weight is 350 g/mol. The first-order chi connectivity index (χ1) is 12.7. The summed E-state index contributed by atoms with van der Waals surface area (Å²) < 4.78 is 10.8. The van der Waals surface area contributed by atoms with Gasteiger partial charge in [-0.2, -0.15) is 0 Å². The smallest absolute Gasteiger partial charge is 0.258 e. The van der Waals surface area contributed by atoms with Gasteiger partial charge in [0.15, 0.2) is 18.1 Å². The summed E-state index contributed by atoms with van der Waals surface area (Å²) in [4.78, 5) is 15.8. The van der Waals surface area contributed by atoms with Gasteiger partial charge in [-0.25, -0.2) is 0 Å². The van der Waals surface area contributed by atoms with Crippen LogP contribution in [0.2, 0.25) is 0 Å². The Hall–Kier alpha value is -2.95. The predicted octanol–water partition coefficient (Wildman–Crippen LogP) is 3.23. The van der Waals surface area contributed by atoms with Gasteiger partial charge in [-0.05, 0) is 36.6 Å². The molecular formula is C21H22N2O3. The first-order valence-electron chi connectivity index (χ1n) is 8.88. The highest BCUT2D eigenvalue weighted by Crippen LogP contribution is 2.29. The molecule has 4 rings (SSSR count). The summed E-state index contributed by atoms with van der Waals surface area (Å²) in [5, 5.41) is 4.39. The lowest BCUT2D eigenvalue weighted by Crippen LogP contribution is -2.41.